The van der Waals surface area contributed by atoms with Crippen molar-refractivity contribution in [2.24, 2.45) is 0 Å². The Morgan fingerprint density at radius 1 is 0.833 bits per heavy atom. The number of halogens is 1. The molecule has 0 saturated heterocycles. The summed E-state index contributed by atoms with van der Waals surface area (Å²) in [6.07, 6.45) is 0. The van der Waals surface area contributed by atoms with Crippen LogP contribution in [0.15, 0.2) is 53.0 Å². The van der Waals surface area contributed by atoms with Crippen LogP contribution in [0.2, 0.25) is 0 Å². The van der Waals surface area contributed by atoms with Crippen LogP contribution in [0.25, 0.3) is 0 Å². The van der Waals surface area contributed by atoms with Gasteiger partial charge in [-0.05, 0) is 40.2 Å². The molecular formula is C16H14BrN. The van der Waals surface area contributed by atoms with Gasteiger partial charge in [0, 0.05) is 29.7 Å². The van der Waals surface area contributed by atoms with E-state index in [0.29, 0.717) is 0 Å². The molecule has 0 aliphatic rings. The topological polar surface area (TPSA) is 3.24 Å². The highest BCUT2D eigenvalue weighted by Crippen LogP contribution is 2.18. The van der Waals surface area contributed by atoms with Crippen molar-refractivity contribution in [2.45, 2.75) is 0 Å². The van der Waals surface area contributed by atoms with E-state index in [1.807, 2.05) is 56.6 Å². The van der Waals surface area contributed by atoms with Gasteiger partial charge in [0.25, 0.3) is 0 Å². The first-order valence-electron chi connectivity index (χ1n) is 5.71. The number of para-hydroxylation sites is 1. The fourth-order valence-corrected chi connectivity index (χ4v) is 2.05. The molecule has 90 valence electrons. The van der Waals surface area contributed by atoms with Crippen LogP contribution in [0.4, 0.5) is 5.69 Å². The summed E-state index contributed by atoms with van der Waals surface area (Å²) in [7, 11) is 4.05. The highest BCUT2D eigenvalue weighted by atomic mass is 79.9. The van der Waals surface area contributed by atoms with Gasteiger partial charge in [0.15, 0.2) is 0 Å². The van der Waals surface area contributed by atoms with Crippen molar-refractivity contribution in [1.29, 1.82) is 0 Å². The molecule has 0 spiro atoms. The van der Waals surface area contributed by atoms with Crippen molar-refractivity contribution in [3.05, 3.63) is 64.1 Å². The Bertz CT molecular complexity index is 606. The van der Waals surface area contributed by atoms with E-state index in [4.69, 9.17) is 0 Å². The first-order chi connectivity index (χ1) is 8.68. The number of nitrogens with zero attached hydrogens (tertiary/aromatic N) is 1. The Labute approximate surface area is 117 Å². The smallest absolute Gasteiger partial charge is 0.0520 e. The molecule has 0 amide bonds. The molecular weight excluding hydrogens is 286 g/mol. The minimum Gasteiger partial charge on any atom is -0.377 e. The zero-order chi connectivity index (χ0) is 13.0. The van der Waals surface area contributed by atoms with Crippen LogP contribution >= 0.6 is 15.9 Å². The molecule has 2 aromatic rings. The van der Waals surface area contributed by atoms with Crippen LogP contribution in [0.3, 0.4) is 0 Å². The molecule has 0 unspecified atom stereocenters. The zero-order valence-corrected chi connectivity index (χ0v) is 12.0. The largest absolute Gasteiger partial charge is 0.377 e. The van der Waals surface area contributed by atoms with Crippen LogP contribution in [-0.4, -0.2) is 14.1 Å². The van der Waals surface area contributed by atoms with Crippen molar-refractivity contribution >= 4 is 21.6 Å². The van der Waals surface area contributed by atoms with Crippen LogP contribution in [0.1, 0.15) is 11.1 Å². The highest BCUT2D eigenvalue weighted by Gasteiger charge is 2.00. The summed E-state index contributed by atoms with van der Waals surface area (Å²) in [5, 5.41) is 0. The fourth-order valence-electron chi connectivity index (χ4n) is 1.67. The third-order valence-electron chi connectivity index (χ3n) is 2.59. The third-order valence-corrected chi connectivity index (χ3v) is 3.28. The van der Waals surface area contributed by atoms with Crippen LogP contribution < -0.4 is 4.90 Å². The van der Waals surface area contributed by atoms with E-state index in [0.717, 1.165) is 21.3 Å². The number of anilines is 1. The lowest BCUT2D eigenvalue weighted by Crippen LogP contribution is -2.10. The molecule has 2 heteroatoms. The SMILES string of the molecule is CN(C)c1ccccc1C#Cc1ccccc1Br. The van der Waals surface area contributed by atoms with Gasteiger partial charge >= 0.3 is 0 Å². The van der Waals surface area contributed by atoms with Crippen LogP contribution in [0.5, 0.6) is 0 Å². The lowest BCUT2D eigenvalue weighted by molar-refractivity contribution is 1.13. The van der Waals surface area contributed by atoms with Crippen LogP contribution in [0, 0.1) is 11.8 Å². The van der Waals surface area contributed by atoms with Gasteiger partial charge < -0.3 is 4.90 Å². The molecule has 2 aromatic carbocycles. The Balaban J connectivity index is 2.39. The van der Waals surface area contributed by atoms with Crippen molar-refractivity contribution in [3.63, 3.8) is 0 Å². The minimum absolute atomic E-state index is 1.01. The maximum absolute atomic E-state index is 3.50. The standard InChI is InChI=1S/C16H14BrN/c1-18(2)16-10-6-4-8-14(16)12-11-13-7-3-5-9-15(13)17/h3-10H,1-2H3. The molecule has 0 saturated carbocycles. The second kappa shape index (κ2) is 5.75. The normalized spacial score (nSPS) is 9.50. The maximum atomic E-state index is 3.50. The quantitative estimate of drug-likeness (QED) is 0.722. The summed E-state index contributed by atoms with van der Waals surface area (Å²) in [6.45, 7) is 0. The van der Waals surface area contributed by atoms with Crippen molar-refractivity contribution < 1.29 is 0 Å². The number of hydrogen-bond donors (Lipinski definition) is 0. The van der Waals surface area contributed by atoms with E-state index in [1.54, 1.807) is 0 Å². The molecule has 0 aliphatic heterocycles. The molecule has 0 radical (unpaired) electrons. The average molecular weight is 300 g/mol. The van der Waals surface area contributed by atoms with Crippen molar-refractivity contribution in [2.75, 3.05) is 19.0 Å². The predicted molar refractivity (Wildman–Crippen MR) is 80.9 cm³/mol. The van der Waals surface area contributed by atoms with Gasteiger partial charge in [-0.25, -0.2) is 0 Å². The monoisotopic (exact) mass is 299 g/mol. The molecule has 0 bridgehead atoms. The molecule has 18 heavy (non-hydrogen) atoms. The van der Waals surface area contributed by atoms with Gasteiger partial charge in [0.1, 0.15) is 0 Å². The Hall–Kier alpha value is -1.72. The van der Waals surface area contributed by atoms with Crippen molar-refractivity contribution in [1.82, 2.24) is 0 Å². The van der Waals surface area contributed by atoms with Gasteiger partial charge in [0.05, 0.1) is 5.69 Å². The lowest BCUT2D eigenvalue weighted by Gasteiger charge is -2.13. The summed E-state index contributed by atoms with van der Waals surface area (Å²) < 4.78 is 1.03. The first-order valence-corrected chi connectivity index (χ1v) is 6.50. The first kappa shape index (κ1) is 12.7. The van der Waals surface area contributed by atoms with E-state index in [2.05, 4.69) is 38.7 Å². The van der Waals surface area contributed by atoms with E-state index in [1.165, 1.54) is 0 Å². The summed E-state index contributed by atoms with van der Waals surface area (Å²) in [5.41, 5.74) is 3.18. The summed E-state index contributed by atoms with van der Waals surface area (Å²) in [4.78, 5) is 2.07. The van der Waals surface area contributed by atoms with E-state index in [9.17, 15) is 0 Å². The molecule has 2 rings (SSSR count). The number of hydrogen-bond acceptors (Lipinski definition) is 1. The second-order valence-electron chi connectivity index (χ2n) is 4.14. The Morgan fingerprint density at radius 3 is 2.06 bits per heavy atom. The molecule has 1 nitrogen and oxygen atoms in total. The highest BCUT2D eigenvalue weighted by molar-refractivity contribution is 9.10. The second-order valence-corrected chi connectivity index (χ2v) is 5.00. The molecule has 0 fully saturated rings. The van der Waals surface area contributed by atoms with Gasteiger partial charge in [-0.1, -0.05) is 36.1 Å². The number of rotatable bonds is 1. The van der Waals surface area contributed by atoms with E-state index in [-0.39, 0.29) is 0 Å². The van der Waals surface area contributed by atoms with Gasteiger partial charge in [-0.3, -0.25) is 0 Å². The van der Waals surface area contributed by atoms with Gasteiger partial charge in [0.2, 0.25) is 0 Å². The average Bonchev–Trinajstić information content (AvgIpc) is 2.38. The molecule has 0 aromatic heterocycles. The summed E-state index contributed by atoms with van der Waals surface area (Å²) in [6, 6.07) is 16.1. The lowest BCUT2D eigenvalue weighted by atomic mass is 10.1. The zero-order valence-electron chi connectivity index (χ0n) is 10.4. The molecule has 0 heterocycles. The molecule has 0 aliphatic carbocycles. The summed E-state index contributed by atoms with van der Waals surface area (Å²) in [5.74, 6) is 6.43. The van der Waals surface area contributed by atoms with E-state index < -0.39 is 0 Å². The summed E-state index contributed by atoms with van der Waals surface area (Å²) >= 11 is 3.50. The van der Waals surface area contributed by atoms with E-state index >= 15 is 0 Å². The third kappa shape index (κ3) is 2.94. The van der Waals surface area contributed by atoms with Gasteiger partial charge in [-0.2, -0.15) is 0 Å². The molecule has 0 N–H and O–H groups in total. The molecule has 0 atom stereocenters. The maximum Gasteiger partial charge on any atom is 0.0520 e. The fraction of sp³-hybridized carbons (Fsp3) is 0.125. The Morgan fingerprint density at radius 2 is 1.39 bits per heavy atom. The van der Waals surface area contributed by atoms with Crippen molar-refractivity contribution in [3.8, 4) is 11.8 Å². The minimum atomic E-state index is 1.01. The van der Waals surface area contributed by atoms with Gasteiger partial charge in [-0.15, -0.1) is 0 Å². The van der Waals surface area contributed by atoms with Crippen LogP contribution in [-0.2, 0) is 0 Å². The number of benzene rings is 2. The Kier molecular flexibility index (Phi) is 4.07. The predicted octanol–water partition coefficient (Wildman–Crippen LogP) is 3.91.